The van der Waals surface area contributed by atoms with Gasteiger partial charge in [-0.25, -0.2) is 4.79 Å². The normalized spacial score (nSPS) is 25.9. The zero-order valence-electron chi connectivity index (χ0n) is 15.6. The average Bonchev–Trinajstić information content (AvgIpc) is 2.64. The predicted octanol–water partition coefficient (Wildman–Crippen LogP) is 2.94. The minimum absolute atomic E-state index is 0.140. The van der Waals surface area contributed by atoms with Crippen LogP contribution in [0.5, 0.6) is 11.5 Å². The van der Waals surface area contributed by atoms with Crippen molar-refractivity contribution in [2.45, 2.75) is 52.2 Å². The Morgan fingerprint density at radius 2 is 1.88 bits per heavy atom. The molecule has 1 aliphatic carbocycles. The first-order valence-corrected chi connectivity index (χ1v) is 9.36. The second-order valence-corrected chi connectivity index (χ2v) is 7.29. The van der Waals surface area contributed by atoms with Crippen LogP contribution in [0.15, 0.2) is 18.2 Å². The van der Waals surface area contributed by atoms with E-state index < -0.39 is 12.1 Å². The molecule has 0 spiro atoms. The molecule has 0 aromatic heterocycles. The summed E-state index contributed by atoms with van der Waals surface area (Å²) in [5.74, 6) is 1.35. The largest absolute Gasteiger partial charge is 0.486 e. The van der Waals surface area contributed by atoms with Crippen molar-refractivity contribution in [2.75, 3.05) is 13.2 Å². The zero-order chi connectivity index (χ0) is 18.7. The third-order valence-electron chi connectivity index (χ3n) is 5.47. The summed E-state index contributed by atoms with van der Waals surface area (Å²) in [4.78, 5) is 24.8. The van der Waals surface area contributed by atoms with Crippen LogP contribution in [0.1, 0.15) is 50.4 Å². The van der Waals surface area contributed by atoms with Gasteiger partial charge in [0.05, 0.1) is 5.56 Å². The van der Waals surface area contributed by atoms with Crippen molar-refractivity contribution in [3.8, 4) is 11.5 Å². The van der Waals surface area contributed by atoms with Crippen molar-refractivity contribution in [1.29, 1.82) is 0 Å². The molecular formula is C20H27NO5. The van der Waals surface area contributed by atoms with Crippen molar-refractivity contribution < 1.29 is 23.8 Å². The van der Waals surface area contributed by atoms with Gasteiger partial charge in [-0.1, -0.05) is 26.7 Å². The molecule has 1 aliphatic heterocycles. The summed E-state index contributed by atoms with van der Waals surface area (Å²) < 4.78 is 16.3. The Morgan fingerprint density at radius 3 is 2.65 bits per heavy atom. The minimum atomic E-state index is -0.847. The van der Waals surface area contributed by atoms with Gasteiger partial charge in [-0.15, -0.1) is 0 Å². The van der Waals surface area contributed by atoms with Crippen LogP contribution in [-0.2, 0) is 9.53 Å². The predicted molar refractivity (Wildman–Crippen MR) is 96.4 cm³/mol. The van der Waals surface area contributed by atoms with Crippen LogP contribution < -0.4 is 14.8 Å². The van der Waals surface area contributed by atoms with Crippen LogP contribution >= 0.6 is 0 Å². The fourth-order valence-electron chi connectivity index (χ4n) is 3.54. The summed E-state index contributed by atoms with van der Waals surface area (Å²) in [5.41, 5.74) is 0.341. The lowest BCUT2D eigenvalue weighted by Crippen LogP contribution is -2.47. The van der Waals surface area contributed by atoms with E-state index in [0.29, 0.717) is 42.1 Å². The number of hydrogen-bond donors (Lipinski definition) is 1. The number of benzene rings is 1. The van der Waals surface area contributed by atoms with Crippen molar-refractivity contribution >= 4 is 11.9 Å². The van der Waals surface area contributed by atoms with E-state index in [1.54, 1.807) is 25.1 Å². The van der Waals surface area contributed by atoms with Crippen molar-refractivity contribution in [1.82, 2.24) is 5.32 Å². The van der Waals surface area contributed by atoms with E-state index in [0.717, 1.165) is 12.8 Å². The molecule has 3 rings (SSSR count). The molecule has 142 valence electrons. The van der Waals surface area contributed by atoms with E-state index in [1.165, 1.54) is 6.42 Å². The van der Waals surface area contributed by atoms with Gasteiger partial charge in [0.2, 0.25) is 0 Å². The summed E-state index contributed by atoms with van der Waals surface area (Å²) in [6.07, 6.45) is 2.43. The first-order valence-electron chi connectivity index (χ1n) is 9.36. The highest BCUT2D eigenvalue weighted by Gasteiger charge is 2.30. The molecule has 0 unspecified atom stereocenters. The van der Waals surface area contributed by atoms with Crippen molar-refractivity contribution in [2.24, 2.45) is 11.8 Å². The summed E-state index contributed by atoms with van der Waals surface area (Å²) in [6.45, 7) is 6.92. The number of rotatable bonds is 4. The molecule has 0 bridgehead atoms. The Morgan fingerprint density at radius 1 is 1.15 bits per heavy atom. The van der Waals surface area contributed by atoms with E-state index in [2.05, 4.69) is 19.2 Å². The third-order valence-corrected chi connectivity index (χ3v) is 5.47. The zero-order valence-corrected chi connectivity index (χ0v) is 15.6. The Labute approximate surface area is 154 Å². The second kappa shape index (κ2) is 7.98. The molecule has 1 N–H and O–H groups in total. The van der Waals surface area contributed by atoms with Gasteiger partial charge in [-0.2, -0.15) is 0 Å². The van der Waals surface area contributed by atoms with Crippen LogP contribution in [0.3, 0.4) is 0 Å². The Bertz CT molecular complexity index is 674. The van der Waals surface area contributed by atoms with Gasteiger partial charge in [0.15, 0.2) is 17.6 Å². The van der Waals surface area contributed by atoms with Crippen LogP contribution in [0.25, 0.3) is 0 Å². The number of esters is 1. The summed E-state index contributed by atoms with van der Waals surface area (Å²) in [6, 6.07) is 5.03. The molecule has 1 amide bonds. The maximum Gasteiger partial charge on any atom is 0.339 e. The lowest BCUT2D eigenvalue weighted by molar-refractivity contribution is -0.130. The van der Waals surface area contributed by atoms with Crippen LogP contribution in [-0.4, -0.2) is 37.2 Å². The highest BCUT2D eigenvalue weighted by atomic mass is 16.6. The molecule has 0 saturated heterocycles. The molecule has 0 radical (unpaired) electrons. The van der Waals surface area contributed by atoms with Gasteiger partial charge in [-0.3, -0.25) is 4.79 Å². The molecule has 6 heteroatoms. The maximum atomic E-state index is 12.4. The summed E-state index contributed by atoms with van der Waals surface area (Å²) in [5, 5.41) is 3.04. The Kier molecular flexibility index (Phi) is 5.69. The molecule has 2 aliphatic rings. The van der Waals surface area contributed by atoms with Crippen LogP contribution in [0.4, 0.5) is 0 Å². The van der Waals surface area contributed by atoms with Crippen molar-refractivity contribution in [3.63, 3.8) is 0 Å². The Hall–Kier alpha value is -2.24. The Balaban J connectivity index is 1.57. The number of nitrogens with one attached hydrogen (secondary N) is 1. The molecule has 1 heterocycles. The van der Waals surface area contributed by atoms with E-state index in [1.807, 2.05) is 0 Å². The summed E-state index contributed by atoms with van der Waals surface area (Å²) >= 11 is 0. The number of carbonyl (C=O) groups is 2. The quantitative estimate of drug-likeness (QED) is 0.835. The van der Waals surface area contributed by atoms with Gasteiger partial charge in [0.25, 0.3) is 5.91 Å². The summed E-state index contributed by atoms with van der Waals surface area (Å²) in [7, 11) is 0. The van der Waals surface area contributed by atoms with Crippen LogP contribution in [0, 0.1) is 11.8 Å². The number of ether oxygens (including phenoxy) is 3. The van der Waals surface area contributed by atoms with Gasteiger partial charge in [0, 0.05) is 6.04 Å². The monoisotopic (exact) mass is 361 g/mol. The standard InChI is InChI=1S/C20H27NO5/c1-12-5-4-6-16(13(12)2)21-19(22)14(3)26-20(23)15-7-8-17-18(11-15)25-10-9-24-17/h7-8,11-14,16H,4-6,9-10H2,1-3H3,(H,21,22)/t12-,13+,14+,16+/m0/s1. The topological polar surface area (TPSA) is 73.9 Å². The van der Waals surface area contributed by atoms with Gasteiger partial charge in [-0.05, 0) is 43.4 Å². The second-order valence-electron chi connectivity index (χ2n) is 7.29. The molecule has 1 saturated carbocycles. The number of hydrogen-bond acceptors (Lipinski definition) is 5. The third kappa shape index (κ3) is 4.11. The fourth-order valence-corrected chi connectivity index (χ4v) is 3.54. The number of carbonyl (C=O) groups excluding carboxylic acids is 2. The smallest absolute Gasteiger partial charge is 0.339 e. The lowest BCUT2D eigenvalue weighted by atomic mass is 9.78. The van der Waals surface area contributed by atoms with Crippen LogP contribution in [0.2, 0.25) is 0 Å². The lowest BCUT2D eigenvalue weighted by Gasteiger charge is -2.35. The molecule has 1 aromatic carbocycles. The first kappa shape index (κ1) is 18.5. The molecule has 4 atom stereocenters. The van der Waals surface area contributed by atoms with E-state index in [4.69, 9.17) is 14.2 Å². The van der Waals surface area contributed by atoms with E-state index in [9.17, 15) is 9.59 Å². The minimum Gasteiger partial charge on any atom is -0.486 e. The highest BCUT2D eigenvalue weighted by Crippen LogP contribution is 2.31. The van der Waals surface area contributed by atoms with E-state index in [-0.39, 0.29) is 11.9 Å². The first-order chi connectivity index (χ1) is 12.5. The molecule has 6 nitrogen and oxygen atoms in total. The molecule has 26 heavy (non-hydrogen) atoms. The SMILES string of the molecule is C[C@@H]1[C@@H](C)CCC[C@H]1NC(=O)[C@@H](C)OC(=O)c1ccc2c(c1)OCCO2. The number of fused-ring (bicyclic) bond motifs is 1. The molecular weight excluding hydrogens is 334 g/mol. The molecule has 1 aromatic rings. The highest BCUT2D eigenvalue weighted by molar-refractivity contribution is 5.93. The number of amides is 1. The average molecular weight is 361 g/mol. The van der Waals surface area contributed by atoms with Gasteiger partial charge < -0.3 is 19.5 Å². The van der Waals surface area contributed by atoms with Crippen molar-refractivity contribution in [3.05, 3.63) is 23.8 Å². The fraction of sp³-hybridized carbons (Fsp3) is 0.600. The van der Waals surface area contributed by atoms with Gasteiger partial charge in [0.1, 0.15) is 13.2 Å². The van der Waals surface area contributed by atoms with Gasteiger partial charge >= 0.3 is 5.97 Å². The maximum absolute atomic E-state index is 12.4. The molecule has 1 fully saturated rings. The van der Waals surface area contributed by atoms with E-state index >= 15 is 0 Å².